The zero-order chi connectivity index (χ0) is 21.6. The highest BCUT2D eigenvalue weighted by Crippen LogP contribution is 2.28. The predicted molar refractivity (Wildman–Crippen MR) is 117 cm³/mol. The lowest BCUT2D eigenvalue weighted by Crippen LogP contribution is -2.37. The fourth-order valence-corrected chi connectivity index (χ4v) is 4.50. The summed E-state index contributed by atoms with van der Waals surface area (Å²) in [5, 5.41) is 0.972. The zero-order valence-electron chi connectivity index (χ0n) is 17.1. The van der Waals surface area contributed by atoms with Crippen LogP contribution < -0.4 is 11.1 Å². The number of nitrogens with one attached hydrogen (secondary N) is 1. The van der Waals surface area contributed by atoms with E-state index in [4.69, 9.17) is 0 Å². The Morgan fingerprint density at radius 2 is 2.00 bits per heavy atom. The van der Waals surface area contributed by atoms with E-state index in [-0.39, 0.29) is 29.6 Å². The number of para-hydroxylation sites is 1. The van der Waals surface area contributed by atoms with Gasteiger partial charge >= 0.3 is 0 Å². The highest BCUT2D eigenvalue weighted by Gasteiger charge is 2.26. The molecule has 0 bridgehead atoms. The van der Waals surface area contributed by atoms with Gasteiger partial charge in [-0.2, -0.15) is 0 Å². The molecule has 8 nitrogen and oxygen atoms in total. The highest BCUT2D eigenvalue weighted by molar-refractivity contribution is 7.20. The van der Waals surface area contributed by atoms with E-state index in [2.05, 4.69) is 15.0 Å². The molecule has 0 saturated carbocycles. The molecule has 0 radical (unpaired) electrons. The van der Waals surface area contributed by atoms with Gasteiger partial charge in [-0.15, -0.1) is 11.3 Å². The van der Waals surface area contributed by atoms with Gasteiger partial charge in [0.1, 0.15) is 10.7 Å². The molecule has 3 aromatic heterocycles. The number of aromatic nitrogens is 4. The van der Waals surface area contributed by atoms with Crippen LogP contribution in [-0.2, 0) is 13.6 Å². The van der Waals surface area contributed by atoms with Crippen molar-refractivity contribution in [1.29, 1.82) is 0 Å². The van der Waals surface area contributed by atoms with Gasteiger partial charge in [-0.25, -0.2) is 9.97 Å². The topological polar surface area (TPSA) is 101 Å². The first-order chi connectivity index (χ1) is 14.3. The minimum atomic E-state index is -0.238. The molecule has 3 heterocycles. The minimum Gasteiger partial charge on any atom is -0.328 e. The number of rotatable bonds is 4. The van der Waals surface area contributed by atoms with Crippen LogP contribution in [0, 0.1) is 6.92 Å². The van der Waals surface area contributed by atoms with Gasteiger partial charge in [-0.05, 0) is 38.5 Å². The van der Waals surface area contributed by atoms with Crippen LogP contribution in [0.4, 0.5) is 0 Å². The van der Waals surface area contributed by atoms with Gasteiger partial charge in [0.2, 0.25) is 0 Å². The Kier molecular flexibility index (Phi) is 4.98. The van der Waals surface area contributed by atoms with Crippen molar-refractivity contribution in [2.24, 2.45) is 7.05 Å². The van der Waals surface area contributed by atoms with Crippen molar-refractivity contribution >= 4 is 38.4 Å². The number of hydrogen-bond acceptors (Lipinski definition) is 6. The monoisotopic (exact) mass is 423 g/mol. The number of nitrogens with zero attached hydrogens (tertiary/aromatic N) is 4. The van der Waals surface area contributed by atoms with Crippen molar-refractivity contribution in [2.75, 3.05) is 0 Å². The van der Waals surface area contributed by atoms with Crippen LogP contribution in [0.1, 0.15) is 34.9 Å². The van der Waals surface area contributed by atoms with Gasteiger partial charge in [0, 0.05) is 13.1 Å². The Hall–Kier alpha value is -3.33. The minimum absolute atomic E-state index is 0.144. The molecule has 1 amide bonds. The van der Waals surface area contributed by atoms with Crippen LogP contribution in [0.3, 0.4) is 0 Å². The third-order valence-electron chi connectivity index (χ3n) is 5.07. The SMILES string of the molecule is Cc1c(C(=O)N(Cc2nc3ccccc3c(=O)[nH]2)C(C)C)sc2ncn(C)c(=O)c12. The molecular formula is C21H21N5O3S. The molecule has 4 aromatic rings. The Bertz CT molecular complexity index is 1400. The average molecular weight is 423 g/mol. The Morgan fingerprint density at radius 1 is 1.27 bits per heavy atom. The summed E-state index contributed by atoms with van der Waals surface area (Å²) in [5.41, 5.74) is 0.791. The third kappa shape index (κ3) is 3.30. The predicted octanol–water partition coefficient (Wildman–Crippen LogP) is 2.59. The van der Waals surface area contributed by atoms with E-state index in [0.29, 0.717) is 37.4 Å². The van der Waals surface area contributed by atoms with Crippen molar-refractivity contribution in [3.05, 3.63) is 67.6 Å². The number of thiophene rings is 1. The van der Waals surface area contributed by atoms with Crippen LogP contribution >= 0.6 is 11.3 Å². The largest absolute Gasteiger partial charge is 0.328 e. The first-order valence-electron chi connectivity index (χ1n) is 9.51. The van der Waals surface area contributed by atoms with Crippen molar-refractivity contribution in [3.63, 3.8) is 0 Å². The number of aromatic amines is 1. The Morgan fingerprint density at radius 3 is 2.73 bits per heavy atom. The maximum absolute atomic E-state index is 13.4. The van der Waals surface area contributed by atoms with Crippen molar-refractivity contribution in [3.8, 4) is 0 Å². The van der Waals surface area contributed by atoms with Crippen LogP contribution in [0.25, 0.3) is 21.1 Å². The van der Waals surface area contributed by atoms with E-state index in [1.807, 2.05) is 19.9 Å². The number of carbonyl (C=O) groups is 1. The molecule has 0 atom stereocenters. The number of fused-ring (bicyclic) bond motifs is 2. The smallest absolute Gasteiger partial charge is 0.264 e. The van der Waals surface area contributed by atoms with Crippen molar-refractivity contribution in [2.45, 2.75) is 33.4 Å². The molecular weight excluding hydrogens is 402 g/mol. The van der Waals surface area contributed by atoms with Crippen LogP contribution in [-0.4, -0.2) is 36.4 Å². The molecule has 4 rings (SSSR count). The molecule has 0 spiro atoms. The van der Waals surface area contributed by atoms with E-state index in [9.17, 15) is 14.4 Å². The fraction of sp³-hybridized carbons (Fsp3) is 0.286. The maximum Gasteiger partial charge on any atom is 0.264 e. The second-order valence-electron chi connectivity index (χ2n) is 7.45. The quantitative estimate of drug-likeness (QED) is 0.544. The van der Waals surface area contributed by atoms with E-state index in [1.165, 1.54) is 22.2 Å². The van der Waals surface area contributed by atoms with Gasteiger partial charge in [-0.3, -0.25) is 14.4 Å². The number of carbonyl (C=O) groups excluding carboxylic acids is 1. The molecule has 0 aliphatic carbocycles. The average Bonchev–Trinajstić information content (AvgIpc) is 3.05. The van der Waals surface area contributed by atoms with Gasteiger partial charge in [0.05, 0.1) is 34.0 Å². The van der Waals surface area contributed by atoms with Crippen molar-refractivity contribution < 1.29 is 4.79 Å². The lowest BCUT2D eigenvalue weighted by atomic mass is 10.2. The van der Waals surface area contributed by atoms with E-state index in [0.717, 1.165) is 0 Å². The molecule has 0 aliphatic rings. The summed E-state index contributed by atoms with van der Waals surface area (Å²) < 4.78 is 1.40. The van der Waals surface area contributed by atoms with E-state index in [1.54, 1.807) is 37.1 Å². The summed E-state index contributed by atoms with van der Waals surface area (Å²) in [4.78, 5) is 52.5. The van der Waals surface area contributed by atoms with Crippen LogP contribution in [0.2, 0.25) is 0 Å². The lowest BCUT2D eigenvalue weighted by Gasteiger charge is -2.26. The molecule has 30 heavy (non-hydrogen) atoms. The molecule has 0 unspecified atom stereocenters. The number of hydrogen-bond donors (Lipinski definition) is 1. The number of H-pyrrole nitrogens is 1. The molecule has 0 fully saturated rings. The summed E-state index contributed by atoms with van der Waals surface area (Å²) in [6, 6.07) is 6.94. The molecule has 9 heteroatoms. The third-order valence-corrected chi connectivity index (χ3v) is 6.26. The van der Waals surface area contributed by atoms with Crippen LogP contribution in [0.5, 0.6) is 0 Å². The highest BCUT2D eigenvalue weighted by atomic mass is 32.1. The van der Waals surface area contributed by atoms with Gasteiger partial charge in [0.15, 0.2) is 0 Å². The number of aryl methyl sites for hydroxylation is 2. The summed E-state index contributed by atoms with van der Waals surface area (Å²) >= 11 is 1.21. The Balaban J connectivity index is 1.75. The van der Waals surface area contributed by atoms with Gasteiger partial charge in [0.25, 0.3) is 17.0 Å². The first-order valence-corrected chi connectivity index (χ1v) is 10.3. The van der Waals surface area contributed by atoms with E-state index >= 15 is 0 Å². The molecule has 1 aromatic carbocycles. The second kappa shape index (κ2) is 7.49. The second-order valence-corrected chi connectivity index (χ2v) is 8.45. The maximum atomic E-state index is 13.4. The van der Waals surface area contributed by atoms with Gasteiger partial charge in [-0.1, -0.05) is 12.1 Å². The molecule has 0 aliphatic heterocycles. The number of benzene rings is 1. The summed E-state index contributed by atoms with van der Waals surface area (Å²) in [5.74, 6) is 0.192. The summed E-state index contributed by atoms with van der Waals surface area (Å²) in [6.45, 7) is 5.72. The molecule has 0 saturated heterocycles. The summed E-state index contributed by atoms with van der Waals surface area (Å²) in [7, 11) is 1.63. The molecule has 154 valence electrons. The Labute approximate surface area is 175 Å². The standard InChI is InChI=1S/C21H21N5O3S/c1-11(2)26(9-15-23-14-8-6-5-7-13(14)18(27)24-15)21(29)17-12(3)16-19(30-17)22-10-25(4)20(16)28/h5-8,10-11H,9H2,1-4H3,(H,23,24,27). The first kappa shape index (κ1) is 20.0. The molecule has 1 N–H and O–H groups in total. The van der Waals surface area contributed by atoms with E-state index < -0.39 is 0 Å². The van der Waals surface area contributed by atoms with Gasteiger partial charge < -0.3 is 14.5 Å². The number of amides is 1. The normalized spacial score (nSPS) is 11.5. The fourth-order valence-electron chi connectivity index (χ4n) is 3.40. The van der Waals surface area contributed by atoms with Crippen molar-refractivity contribution in [1.82, 2.24) is 24.4 Å². The zero-order valence-corrected chi connectivity index (χ0v) is 17.9. The summed E-state index contributed by atoms with van der Waals surface area (Å²) in [6.07, 6.45) is 1.46. The lowest BCUT2D eigenvalue weighted by molar-refractivity contribution is 0.0689. The van der Waals surface area contributed by atoms with Crippen LogP contribution in [0.15, 0.2) is 40.2 Å².